The van der Waals surface area contributed by atoms with Crippen molar-refractivity contribution in [3.05, 3.63) is 66.9 Å². The number of amides is 2. The fourth-order valence-electron chi connectivity index (χ4n) is 3.30. The summed E-state index contributed by atoms with van der Waals surface area (Å²) in [5.74, 6) is 1.22. The van der Waals surface area contributed by atoms with Crippen molar-refractivity contribution in [2.24, 2.45) is 0 Å². The number of carbonyl (C=O) groups excluding carboxylic acids is 1. The number of piperidine rings is 1. The van der Waals surface area contributed by atoms with E-state index < -0.39 is 0 Å². The number of imidazole rings is 1. The van der Waals surface area contributed by atoms with E-state index in [2.05, 4.69) is 19.9 Å². The molecule has 1 aliphatic heterocycles. The summed E-state index contributed by atoms with van der Waals surface area (Å²) in [5, 5.41) is 2.91. The zero-order valence-electron chi connectivity index (χ0n) is 15.8. The Hall–Kier alpha value is -3.35. The number of hydrogen-bond donors (Lipinski definition) is 1. The Morgan fingerprint density at radius 1 is 1.14 bits per heavy atom. The first-order chi connectivity index (χ1) is 13.7. The predicted molar refractivity (Wildman–Crippen MR) is 107 cm³/mol. The molecule has 0 atom stereocenters. The maximum absolute atomic E-state index is 12.5. The highest BCUT2D eigenvalue weighted by molar-refractivity contribution is 5.89. The summed E-state index contributed by atoms with van der Waals surface area (Å²) < 4.78 is 7.83. The second kappa shape index (κ2) is 8.12. The zero-order valence-corrected chi connectivity index (χ0v) is 15.8. The third kappa shape index (κ3) is 4.31. The van der Waals surface area contributed by atoms with Crippen LogP contribution in [0.4, 0.5) is 10.5 Å². The Morgan fingerprint density at radius 2 is 1.93 bits per heavy atom. The summed E-state index contributed by atoms with van der Waals surface area (Å²) in [7, 11) is 0. The van der Waals surface area contributed by atoms with Crippen molar-refractivity contribution >= 4 is 11.7 Å². The van der Waals surface area contributed by atoms with E-state index in [1.807, 2.05) is 48.6 Å². The van der Waals surface area contributed by atoms with Gasteiger partial charge in [-0.1, -0.05) is 17.7 Å². The number of aromatic nitrogens is 3. The van der Waals surface area contributed by atoms with E-state index in [9.17, 15) is 4.79 Å². The van der Waals surface area contributed by atoms with Crippen LogP contribution in [-0.2, 0) is 0 Å². The largest absolute Gasteiger partial charge is 0.439 e. The molecule has 1 N–H and O–H groups in total. The SMILES string of the molecule is Cc1ccc(Oc2ccc(NC(=O)N3CCC(n4ccnc4)CC3)cn2)cc1. The number of anilines is 1. The monoisotopic (exact) mass is 377 g/mol. The summed E-state index contributed by atoms with van der Waals surface area (Å²) >= 11 is 0. The standard InChI is InChI=1S/C21H23N5O2/c1-16-2-5-19(6-3-16)28-20-7-4-17(14-23-20)24-21(27)25-11-8-18(9-12-25)26-13-10-22-15-26/h2-7,10,13-15,18H,8-9,11-12H2,1H3,(H,24,27). The molecule has 3 heterocycles. The van der Waals surface area contributed by atoms with E-state index in [4.69, 9.17) is 4.74 Å². The zero-order chi connectivity index (χ0) is 19.3. The average Bonchev–Trinajstić information content (AvgIpc) is 3.26. The molecule has 0 spiro atoms. The van der Waals surface area contributed by atoms with Crippen LogP contribution in [-0.4, -0.2) is 38.6 Å². The maximum Gasteiger partial charge on any atom is 0.321 e. The van der Waals surface area contributed by atoms with Gasteiger partial charge in [0.25, 0.3) is 0 Å². The van der Waals surface area contributed by atoms with Crippen molar-refractivity contribution in [2.75, 3.05) is 18.4 Å². The van der Waals surface area contributed by atoms with Gasteiger partial charge in [0.15, 0.2) is 0 Å². The van der Waals surface area contributed by atoms with Crippen LogP contribution in [0.5, 0.6) is 11.6 Å². The minimum atomic E-state index is -0.0990. The highest BCUT2D eigenvalue weighted by atomic mass is 16.5. The second-order valence-corrected chi connectivity index (χ2v) is 6.96. The fourth-order valence-corrected chi connectivity index (χ4v) is 3.30. The number of benzene rings is 1. The Morgan fingerprint density at radius 3 is 2.57 bits per heavy atom. The molecule has 2 aromatic heterocycles. The summed E-state index contributed by atoms with van der Waals surface area (Å²) in [5.41, 5.74) is 1.82. The Labute approximate surface area is 164 Å². The minimum Gasteiger partial charge on any atom is -0.439 e. The van der Waals surface area contributed by atoms with Crippen LogP contribution in [0.3, 0.4) is 0 Å². The lowest BCUT2D eigenvalue weighted by atomic mass is 10.1. The molecule has 1 aromatic carbocycles. The molecule has 7 heteroatoms. The van der Waals surface area contributed by atoms with Crippen LogP contribution >= 0.6 is 0 Å². The molecule has 1 aliphatic rings. The van der Waals surface area contributed by atoms with Crippen LogP contribution in [0.25, 0.3) is 0 Å². The number of hydrogen-bond acceptors (Lipinski definition) is 4. The lowest BCUT2D eigenvalue weighted by Gasteiger charge is -2.32. The molecule has 0 aliphatic carbocycles. The molecule has 4 rings (SSSR count). The van der Waals surface area contributed by atoms with Gasteiger partial charge in [0, 0.05) is 37.6 Å². The molecule has 2 amide bonds. The number of pyridine rings is 1. The molecule has 7 nitrogen and oxygen atoms in total. The molecule has 3 aromatic rings. The third-order valence-corrected chi connectivity index (χ3v) is 4.93. The van der Waals surface area contributed by atoms with Gasteiger partial charge in [-0.05, 0) is 38.0 Å². The predicted octanol–water partition coefficient (Wildman–Crippen LogP) is 4.25. The summed E-state index contributed by atoms with van der Waals surface area (Å²) in [6.07, 6.45) is 9.06. The van der Waals surface area contributed by atoms with E-state index in [-0.39, 0.29) is 6.03 Å². The van der Waals surface area contributed by atoms with Crippen LogP contribution in [0.1, 0.15) is 24.4 Å². The minimum absolute atomic E-state index is 0.0990. The van der Waals surface area contributed by atoms with Gasteiger partial charge in [-0.25, -0.2) is 14.8 Å². The fraction of sp³-hybridized carbons (Fsp3) is 0.286. The smallest absolute Gasteiger partial charge is 0.321 e. The van der Waals surface area contributed by atoms with Crippen LogP contribution < -0.4 is 10.1 Å². The molecule has 0 radical (unpaired) electrons. The van der Waals surface area contributed by atoms with Crippen molar-refractivity contribution in [3.8, 4) is 11.6 Å². The molecule has 1 fully saturated rings. The summed E-state index contributed by atoms with van der Waals surface area (Å²) in [6.45, 7) is 3.47. The third-order valence-electron chi connectivity index (χ3n) is 4.93. The quantitative estimate of drug-likeness (QED) is 0.738. The number of aryl methyl sites for hydroxylation is 1. The van der Waals surface area contributed by atoms with Crippen molar-refractivity contribution < 1.29 is 9.53 Å². The van der Waals surface area contributed by atoms with Gasteiger partial charge in [0.2, 0.25) is 5.88 Å². The van der Waals surface area contributed by atoms with E-state index in [1.54, 1.807) is 24.5 Å². The summed E-state index contributed by atoms with van der Waals surface area (Å²) in [6, 6.07) is 11.6. The number of ether oxygens (including phenoxy) is 1. The van der Waals surface area contributed by atoms with Gasteiger partial charge < -0.3 is 19.5 Å². The number of carbonyl (C=O) groups is 1. The number of rotatable bonds is 4. The lowest BCUT2D eigenvalue weighted by Crippen LogP contribution is -2.41. The molecule has 144 valence electrons. The first-order valence-electron chi connectivity index (χ1n) is 9.41. The number of nitrogens with one attached hydrogen (secondary N) is 1. The molecule has 0 bridgehead atoms. The first kappa shape index (κ1) is 18.0. The first-order valence-corrected chi connectivity index (χ1v) is 9.41. The van der Waals surface area contributed by atoms with Gasteiger partial charge in [-0.2, -0.15) is 0 Å². The van der Waals surface area contributed by atoms with E-state index in [0.717, 1.165) is 31.7 Å². The second-order valence-electron chi connectivity index (χ2n) is 6.96. The Kier molecular flexibility index (Phi) is 5.23. The number of nitrogens with zero attached hydrogens (tertiary/aromatic N) is 4. The average molecular weight is 377 g/mol. The molecular weight excluding hydrogens is 354 g/mol. The topological polar surface area (TPSA) is 72.3 Å². The van der Waals surface area contributed by atoms with Crippen LogP contribution in [0.15, 0.2) is 61.3 Å². The van der Waals surface area contributed by atoms with Crippen LogP contribution in [0.2, 0.25) is 0 Å². The molecule has 28 heavy (non-hydrogen) atoms. The van der Waals surface area contributed by atoms with Crippen molar-refractivity contribution in [1.82, 2.24) is 19.4 Å². The van der Waals surface area contributed by atoms with E-state index in [0.29, 0.717) is 17.6 Å². The number of urea groups is 1. The molecule has 1 saturated heterocycles. The van der Waals surface area contributed by atoms with Gasteiger partial charge in [0.1, 0.15) is 5.75 Å². The molecule has 0 saturated carbocycles. The van der Waals surface area contributed by atoms with E-state index >= 15 is 0 Å². The van der Waals surface area contributed by atoms with Gasteiger partial charge >= 0.3 is 6.03 Å². The Balaban J connectivity index is 1.29. The van der Waals surface area contributed by atoms with Crippen molar-refractivity contribution in [1.29, 1.82) is 0 Å². The normalized spacial score (nSPS) is 14.7. The molecular formula is C21H23N5O2. The van der Waals surface area contributed by atoms with Crippen molar-refractivity contribution in [3.63, 3.8) is 0 Å². The highest BCUT2D eigenvalue weighted by Crippen LogP contribution is 2.23. The molecule has 0 unspecified atom stereocenters. The maximum atomic E-state index is 12.5. The Bertz CT molecular complexity index is 899. The van der Waals surface area contributed by atoms with Crippen molar-refractivity contribution in [2.45, 2.75) is 25.8 Å². The van der Waals surface area contributed by atoms with Crippen LogP contribution in [0, 0.1) is 6.92 Å². The lowest BCUT2D eigenvalue weighted by molar-refractivity contribution is 0.183. The highest BCUT2D eigenvalue weighted by Gasteiger charge is 2.23. The van der Waals surface area contributed by atoms with Gasteiger partial charge in [0.05, 0.1) is 18.2 Å². The number of likely N-dealkylation sites (tertiary alicyclic amines) is 1. The summed E-state index contributed by atoms with van der Waals surface area (Å²) in [4.78, 5) is 22.7. The van der Waals surface area contributed by atoms with Gasteiger partial charge in [-0.15, -0.1) is 0 Å². The van der Waals surface area contributed by atoms with Gasteiger partial charge in [-0.3, -0.25) is 0 Å². The van der Waals surface area contributed by atoms with E-state index in [1.165, 1.54) is 5.56 Å².